The second kappa shape index (κ2) is 10.3. The van der Waals surface area contributed by atoms with Crippen molar-refractivity contribution in [3.05, 3.63) is 29.8 Å². The summed E-state index contributed by atoms with van der Waals surface area (Å²) in [6.07, 6.45) is 4.88. The summed E-state index contributed by atoms with van der Waals surface area (Å²) in [5.74, 6) is 0.320. The molecule has 0 heterocycles. The molecule has 6 nitrogen and oxygen atoms in total. The highest BCUT2D eigenvalue weighted by Gasteiger charge is 2.06. The smallest absolute Gasteiger partial charge is 0.331 e. The molecule has 6 heteroatoms. The van der Waals surface area contributed by atoms with E-state index in [1.165, 1.54) is 13.1 Å². The number of nitrogens with one attached hydrogen (secondary N) is 1. The first-order chi connectivity index (χ1) is 11.1. The maximum Gasteiger partial charge on any atom is 0.331 e. The molecule has 0 aliphatic carbocycles. The maximum atomic E-state index is 11.5. The molecule has 1 amide bonds. The number of esters is 1. The Morgan fingerprint density at radius 2 is 2.04 bits per heavy atom. The lowest BCUT2D eigenvalue weighted by Gasteiger charge is -2.10. The van der Waals surface area contributed by atoms with Gasteiger partial charge >= 0.3 is 5.97 Å². The fraction of sp³-hybridized carbons (Fsp3) is 0.412. The zero-order chi connectivity index (χ0) is 17.1. The van der Waals surface area contributed by atoms with E-state index in [0.717, 1.165) is 18.4 Å². The molecule has 0 fully saturated rings. The van der Waals surface area contributed by atoms with Crippen LogP contribution in [-0.2, 0) is 14.3 Å². The predicted octanol–water partition coefficient (Wildman–Crippen LogP) is 2.18. The number of amides is 1. The van der Waals surface area contributed by atoms with Gasteiger partial charge in [-0.05, 0) is 30.2 Å². The van der Waals surface area contributed by atoms with Crippen LogP contribution in [0.1, 0.15) is 25.3 Å². The van der Waals surface area contributed by atoms with Crippen LogP contribution in [0.2, 0.25) is 0 Å². The van der Waals surface area contributed by atoms with Gasteiger partial charge in [-0.2, -0.15) is 0 Å². The summed E-state index contributed by atoms with van der Waals surface area (Å²) in [7, 11) is 3.04. The van der Waals surface area contributed by atoms with Crippen LogP contribution in [0.15, 0.2) is 24.3 Å². The number of methoxy groups -OCH3 is 1. The number of hydrogen-bond acceptors (Lipinski definition) is 5. The first kappa shape index (κ1) is 18.5. The maximum absolute atomic E-state index is 11.5. The summed E-state index contributed by atoms with van der Waals surface area (Å²) >= 11 is 0. The van der Waals surface area contributed by atoms with Crippen molar-refractivity contribution in [3.63, 3.8) is 0 Å². The lowest BCUT2D eigenvalue weighted by atomic mass is 10.2. The number of unbranched alkanes of at least 4 members (excludes halogenated alkanes) is 1. The molecule has 1 aromatic rings. The molecule has 0 aliphatic rings. The highest BCUT2D eigenvalue weighted by atomic mass is 16.5. The van der Waals surface area contributed by atoms with Crippen molar-refractivity contribution < 1.29 is 23.8 Å². The third kappa shape index (κ3) is 6.86. The lowest BCUT2D eigenvalue weighted by Crippen LogP contribution is -2.24. The molecule has 0 unspecified atom stereocenters. The molecular weight excluding hydrogens is 298 g/mol. The van der Waals surface area contributed by atoms with Gasteiger partial charge in [-0.1, -0.05) is 19.4 Å². The zero-order valence-electron chi connectivity index (χ0n) is 13.8. The van der Waals surface area contributed by atoms with Crippen LogP contribution in [0.4, 0.5) is 0 Å². The summed E-state index contributed by atoms with van der Waals surface area (Å²) in [6, 6.07) is 5.38. The van der Waals surface area contributed by atoms with E-state index in [1.807, 2.05) is 6.07 Å². The van der Waals surface area contributed by atoms with Crippen molar-refractivity contribution in [2.75, 3.05) is 27.4 Å². The minimum atomic E-state index is -0.587. The summed E-state index contributed by atoms with van der Waals surface area (Å²) < 4.78 is 15.7. The largest absolute Gasteiger partial charge is 0.493 e. The molecule has 0 aromatic heterocycles. The quantitative estimate of drug-likeness (QED) is 0.429. The van der Waals surface area contributed by atoms with Crippen LogP contribution in [-0.4, -0.2) is 39.2 Å². The molecule has 1 aromatic carbocycles. The Kier molecular flexibility index (Phi) is 8.28. The lowest BCUT2D eigenvalue weighted by molar-refractivity contribution is -0.143. The molecule has 0 saturated carbocycles. The molecule has 1 N–H and O–H groups in total. The Morgan fingerprint density at radius 3 is 2.70 bits per heavy atom. The average molecular weight is 321 g/mol. The molecule has 23 heavy (non-hydrogen) atoms. The van der Waals surface area contributed by atoms with Crippen molar-refractivity contribution in [2.45, 2.75) is 19.8 Å². The van der Waals surface area contributed by atoms with Gasteiger partial charge in [0.1, 0.15) is 0 Å². The number of ether oxygens (including phenoxy) is 3. The molecule has 1 rings (SSSR count). The van der Waals surface area contributed by atoms with Gasteiger partial charge in [0.15, 0.2) is 18.1 Å². The third-order valence-electron chi connectivity index (χ3n) is 2.98. The van der Waals surface area contributed by atoms with Gasteiger partial charge in [-0.3, -0.25) is 4.79 Å². The van der Waals surface area contributed by atoms with Crippen LogP contribution in [0.25, 0.3) is 6.08 Å². The van der Waals surface area contributed by atoms with Gasteiger partial charge in [-0.15, -0.1) is 0 Å². The molecular formula is C17H23NO5. The second-order valence-electron chi connectivity index (χ2n) is 4.73. The van der Waals surface area contributed by atoms with Crippen LogP contribution in [0.3, 0.4) is 0 Å². The molecule has 0 saturated heterocycles. The summed E-state index contributed by atoms with van der Waals surface area (Å²) in [6.45, 7) is 2.43. The van der Waals surface area contributed by atoms with E-state index in [4.69, 9.17) is 14.2 Å². The summed E-state index contributed by atoms with van der Waals surface area (Å²) in [5.41, 5.74) is 0.765. The summed E-state index contributed by atoms with van der Waals surface area (Å²) in [4.78, 5) is 22.5. The van der Waals surface area contributed by atoms with Crippen molar-refractivity contribution >= 4 is 18.0 Å². The van der Waals surface area contributed by atoms with E-state index in [2.05, 4.69) is 12.2 Å². The van der Waals surface area contributed by atoms with E-state index in [9.17, 15) is 9.59 Å². The van der Waals surface area contributed by atoms with Crippen molar-refractivity contribution in [1.29, 1.82) is 0 Å². The first-order valence-electron chi connectivity index (χ1n) is 7.47. The van der Waals surface area contributed by atoms with E-state index in [1.54, 1.807) is 25.3 Å². The number of rotatable bonds is 9. The van der Waals surface area contributed by atoms with Gasteiger partial charge in [0.05, 0.1) is 13.7 Å². The van der Waals surface area contributed by atoms with E-state index >= 15 is 0 Å². The monoisotopic (exact) mass is 321 g/mol. The first-order valence-corrected chi connectivity index (χ1v) is 7.47. The van der Waals surface area contributed by atoms with Crippen LogP contribution in [0, 0.1) is 0 Å². The highest BCUT2D eigenvalue weighted by Crippen LogP contribution is 2.28. The van der Waals surface area contributed by atoms with Crippen molar-refractivity contribution in [1.82, 2.24) is 5.32 Å². The molecule has 0 spiro atoms. The fourth-order valence-electron chi connectivity index (χ4n) is 1.65. The number of carbonyl (C=O) groups is 2. The Labute approximate surface area is 136 Å². The Hall–Kier alpha value is -2.50. The zero-order valence-corrected chi connectivity index (χ0v) is 13.8. The Balaban J connectivity index is 2.64. The minimum Gasteiger partial charge on any atom is -0.493 e. The van der Waals surface area contributed by atoms with Gasteiger partial charge in [0.2, 0.25) is 0 Å². The van der Waals surface area contributed by atoms with Gasteiger partial charge in [0.25, 0.3) is 5.91 Å². The Bertz CT molecular complexity index is 554. The van der Waals surface area contributed by atoms with E-state index in [0.29, 0.717) is 18.1 Å². The van der Waals surface area contributed by atoms with E-state index in [-0.39, 0.29) is 12.5 Å². The molecule has 0 atom stereocenters. The predicted molar refractivity (Wildman–Crippen MR) is 87.5 cm³/mol. The standard InChI is InChI=1S/C17H23NO5/c1-4-5-10-22-14-8-6-13(11-15(14)21-3)7-9-17(20)23-12-16(19)18-2/h6-9,11H,4-5,10,12H2,1-3H3,(H,18,19)/b9-7+. The second-order valence-corrected chi connectivity index (χ2v) is 4.73. The normalized spacial score (nSPS) is 10.4. The van der Waals surface area contributed by atoms with Crippen molar-refractivity contribution in [3.8, 4) is 11.5 Å². The van der Waals surface area contributed by atoms with Gasteiger partial charge in [0, 0.05) is 13.1 Å². The SMILES string of the molecule is CCCCOc1ccc(/C=C/C(=O)OCC(=O)NC)cc1OC. The number of likely N-dealkylation sites (N-methyl/N-ethyl adjacent to an activating group) is 1. The van der Waals surface area contributed by atoms with Crippen LogP contribution in [0.5, 0.6) is 11.5 Å². The van der Waals surface area contributed by atoms with Crippen molar-refractivity contribution in [2.24, 2.45) is 0 Å². The average Bonchev–Trinajstić information content (AvgIpc) is 2.58. The summed E-state index contributed by atoms with van der Waals surface area (Å²) in [5, 5.41) is 2.37. The van der Waals surface area contributed by atoms with Gasteiger partial charge < -0.3 is 19.5 Å². The number of carbonyl (C=O) groups excluding carboxylic acids is 2. The van der Waals surface area contributed by atoms with Crippen LogP contribution >= 0.6 is 0 Å². The molecule has 126 valence electrons. The number of hydrogen-bond donors (Lipinski definition) is 1. The topological polar surface area (TPSA) is 73.9 Å². The van der Waals surface area contributed by atoms with Crippen LogP contribution < -0.4 is 14.8 Å². The fourth-order valence-corrected chi connectivity index (χ4v) is 1.65. The Morgan fingerprint density at radius 1 is 1.26 bits per heavy atom. The highest BCUT2D eigenvalue weighted by molar-refractivity contribution is 5.89. The minimum absolute atomic E-state index is 0.298. The number of benzene rings is 1. The molecule has 0 radical (unpaired) electrons. The molecule has 0 bridgehead atoms. The van der Waals surface area contributed by atoms with Gasteiger partial charge in [-0.25, -0.2) is 4.79 Å². The van der Waals surface area contributed by atoms with E-state index < -0.39 is 5.97 Å². The molecule has 0 aliphatic heterocycles. The third-order valence-corrected chi connectivity index (χ3v) is 2.98.